The van der Waals surface area contributed by atoms with Crippen molar-refractivity contribution in [2.24, 2.45) is 0 Å². The number of nitrogens with one attached hydrogen (secondary N) is 2. The predicted octanol–water partition coefficient (Wildman–Crippen LogP) is 3.56. The van der Waals surface area contributed by atoms with Gasteiger partial charge in [-0.25, -0.2) is 0 Å². The Kier molecular flexibility index (Phi) is 3.17. The molecule has 1 unspecified atom stereocenters. The third-order valence-electron chi connectivity index (χ3n) is 9.83. The van der Waals surface area contributed by atoms with Crippen LogP contribution in [-0.2, 0) is 20.4 Å². The third-order valence-corrected chi connectivity index (χ3v) is 9.83. The van der Waals surface area contributed by atoms with Crippen LogP contribution in [0.5, 0.6) is 0 Å². The standard InChI is InChI=1S/C27H30N4O2/c1-15(32)30-13-11-26-17-8-4-5-9-18(17)28-23-27(26)12-14-31(24(26)30)21(22-25(2,3)33-22)16-7-6-10-19(29-23)20(16)27/h4-10,21-24,28-29H,11-14H2,1-3H3/t21-,22+,23+,24+,26-,27-/m0/s1. The van der Waals surface area contributed by atoms with E-state index in [2.05, 4.69) is 76.7 Å². The van der Waals surface area contributed by atoms with Crippen LogP contribution in [-0.4, -0.2) is 52.8 Å². The first-order chi connectivity index (χ1) is 15.9. The van der Waals surface area contributed by atoms with Crippen LogP contribution in [0.15, 0.2) is 42.5 Å². The largest absolute Gasteiger partial charge is 0.365 e. The first kappa shape index (κ1) is 18.8. The molecule has 6 aliphatic rings. The number of anilines is 2. The lowest BCUT2D eigenvalue weighted by atomic mass is 9.50. The lowest BCUT2D eigenvalue weighted by Gasteiger charge is -2.61. The van der Waals surface area contributed by atoms with Gasteiger partial charge in [-0.2, -0.15) is 0 Å². The third kappa shape index (κ3) is 1.88. The number of carbonyl (C=O) groups is 1. The number of epoxide rings is 1. The van der Waals surface area contributed by atoms with Crippen LogP contribution in [0.25, 0.3) is 0 Å². The Balaban J connectivity index is 1.50. The fourth-order valence-corrected chi connectivity index (χ4v) is 8.69. The van der Waals surface area contributed by atoms with Gasteiger partial charge in [-0.1, -0.05) is 30.3 Å². The second-order valence-electron chi connectivity index (χ2n) is 11.4. The Hall–Kier alpha value is -2.57. The maximum Gasteiger partial charge on any atom is 0.220 e. The smallest absolute Gasteiger partial charge is 0.220 e. The molecule has 1 amide bonds. The number of rotatable bonds is 1. The van der Waals surface area contributed by atoms with E-state index in [-0.39, 0.29) is 46.8 Å². The molecular weight excluding hydrogens is 412 g/mol. The van der Waals surface area contributed by atoms with Crippen LogP contribution in [0.1, 0.15) is 56.3 Å². The molecule has 0 radical (unpaired) electrons. The zero-order chi connectivity index (χ0) is 22.3. The number of amides is 1. The number of nitrogens with zero attached hydrogens (tertiary/aromatic N) is 2. The van der Waals surface area contributed by atoms with Gasteiger partial charge in [0.25, 0.3) is 0 Å². The fraction of sp³-hybridized carbons (Fsp3) is 0.519. The Labute approximate surface area is 194 Å². The molecule has 170 valence electrons. The van der Waals surface area contributed by atoms with E-state index in [4.69, 9.17) is 4.74 Å². The molecule has 2 N–H and O–H groups in total. The monoisotopic (exact) mass is 442 g/mol. The summed E-state index contributed by atoms with van der Waals surface area (Å²) in [5.74, 6) is 0.179. The maximum absolute atomic E-state index is 13.1. The van der Waals surface area contributed by atoms with E-state index in [0.29, 0.717) is 0 Å². The molecule has 6 nitrogen and oxygen atoms in total. The van der Waals surface area contributed by atoms with Crippen LogP contribution in [0.3, 0.4) is 0 Å². The van der Waals surface area contributed by atoms with Gasteiger partial charge in [0, 0.05) is 36.8 Å². The SMILES string of the molecule is CC(=O)N1CC[C@@]23c4ccccc4N[C@@H]4Nc5cccc6c5[C@@]42CCN([C@@H]13)[C@@H]6[C@H]1OC1(C)C. The average molecular weight is 443 g/mol. The number of carbonyl (C=O) groups excluding carboxylic acids is 1. The van der Waals surface area contributed by atoms with Gasteiger partial charge in [0.2, 0.25) is 5.91 Å². The molecule has 0 aliphatic carbocycles. The van der Waals surface area contributed by atoms with E-state index < -0.39 is 0 Å². The van der Waals surface area contributed by atoms with Gasteiger partial charge in [0.05, 0.1) is 23.2 Å². The van der Waals surface area contributed by atoms with Crippen molar-refractivity contribution in [2.75, 3.05) is 23.7 Å². The number of ether oxygens (including phenoxy) is 1. The number of hydrogen-bond acceptors (Lipinski definition) is 5. The van der Waals surface area contributed by atoms with Crippen LogP contribution < -0.4 is 10.6 Å². The lowest BCUT2D eigenvalue weighted by Crippen LogP contribution is -2.72. The van der Waals surface area contributed by atoms with Gasteiger partial charge >= 0.3 is 0 Å². The first-order valence-corrected chi connectivity index (χ1v) is 12.4. The summed E-state index contributed by atoms with van der Waals surface area (Å²) in [4.78, 5) is 17.9. The van der Waals surface area contributed by atoms with Crippen molar-refractivity contribution in [3.63, 3.8) is 0 Å². The van der Waals surface area contributed by atoms with Gasteiger partial charge in [-0.15, -0.1) is 0 Å². The Bertz CT molecular complexity index is 1240. The molecule has 2 spiro atoms. The summed E-state index contributed by atoms with van der Waals surface area (Å²) in [6.07, 6.45) is 2.33. The van der Waals surface area contributed by atoms with E-state index >= 15 is 0 Å². The quantitative estimate of drug-likeness (QED) is 0.662. The Morgan fingerprint density at radius 2 is 1.73 bits per heavy atom. The van der Waals surface area contributed by atoms with E-state index in [1.165, 1.54) is 28.1 Å². The van der Waals surface area contributed by atoms with Crippen LogP contribution in [0.2, 0.25) is 0 Å². The van der Waals surface area contributed by atoms with Crippen LogP contribution >= 0.6 is 0 Å². The zero-order valence-corrected chi connectivity index (χ0v) is 19.4. The highest BCUT2D eigenvalue weighted by Gasteiger charge is 2.76. The molecule has 6 heteroatoms. The van der Waals surface area contributed by atoms with Gasteiger partial charge in [-0.05, 0) is 55.5 Å². The molecule has 6 heterocycles. The Morgan fingerprint density at radius 3 is 2.52 bits per heavy atom. The summed E-state index contributed by atoms with van der Waals surface area (Å²) in [5, 5.41) is 7.82. The number of fused-ring (bicyclic) bond motifs is 1. The number of piperidine rings is 1. The summed E-state index contributed by atoms with van der Waals surface area (Å²) in [6.45, 7) is 7.93. The average Bonchev–Trinajstić information content (AvgIpc) is 3.13. The van der Waals surface area contributed by atoms with Gasteiger partial charge in [-0.3, -0.25) is 9.69 Å². The molecule has 33 heavy (non-hydrogen) atoms. The molecule has 2 aromatic carbocycles. The number of hydrogen-bond donors (Lipinski definition) is 2. The molecule has 2 bridgehead atoms. The summed E-state index contributed by atoms with van der Waals surface area (Å²) in [5.41, 5.74) is 6.30. The topological polar surface area (TPSA) is 60.1 Å². The van der Waals surface area contributed by atoms with Gasteiger partial charge in [0.1, 0.15) is 12.3 Å². The first-order valence-electron chi connectivity index (χ1n) is 12.4. The second-order valence-corrected chi connectivity index (χ2v) is 11.4. The van der Waals surface area contributed by atoms with Gasteiger partial charge in [0.15, 0.2) is 0 Å². The summed E-state index contributed by atoms with van der Waals surface area (Å²) in [6, 6.07) is 15.8. The van der Waals surface area contributed by atoms with Crippen molar-refractivity contribution < 1.29 is 9.53 Å². The molecular formula is C27H30N4O2. The summed E-state index contributed by atoms with van der Waals surface area (Å²) < 4.78 is 6.34. The van der Waals surface area contributed by atoms with E-state index in [9.17, 15) is 4.79 Å². The fourth-order valence-electron chi connectivity index (χ4n) is 8.69. The van der Waals surface area contributed by atoms with Crippen molar-refractivity contribution in [1.29, 1.82) is 0 Å². The molecule has 6 aliphatic heterocycles. The van der Waals surface area contributed by atoms with E-state index in [1.807, 2.05) is 0 Å². The zero-order valence-electron chi connectivity index (χ0n) is 19.4. The van der Waals surface area contributed by atoms with Crippen molar-refractivity contribution in [3.8, 4) is 0 Å². The highest BCUT2D eigenvalue weighted by Crippen LogP contribution is 2.71. The van der Waals surface area contributed by atoms with E-state index in [0.717, 1.165) is 25.9 Å². The minimum absolute atomic E-state index is 0.0275. The number of likely N-dealkylation sites (tertiary alicyclic amines) is 1. The second kappa shape index (κ2) is 5.56. The van der Waals surface area contributed by atoms with E-state index in [1.54, 1.807) is 6.92 Å². The van der Waals surface area contributed by atoms with Crippen LogP contribution in [0, 0.1) is 0 Å². The normalized spacial score (nSPS) is 41.9. The molecule has 0 saturated carbocycles. The molecule has 8 rings (SSSR count). The van der Waals surface area contributed by atoms with Crippen molar-refractivity contribution in [2.45, 2.75) is 74.5 Å². The highest BCUT2D eigenvalue weighted by molar-refractivity contribution is 5.79. The number of benzene rings is 2. The summed E-state index contributed by atoms with van der Waals surface area (Å²) >= 11 is 0. The predicted molar refractivity (Wildman–Crippen MR) is 126 cm³/mol. The molecule has 2 aromatic rings. The summed E-state index contributed by atoms with van der Waals surface area (Å²) in [7, 11) is 0. The molecule has 3 saturated heterocycles. The molecule has 7 atom stereocenters. The minimum atomic E-state index is -0.161. The molecule has 0 aromatic heterocycles. The maximum atomic E-state index is 13.1. The highest BCUT2D eigenvalue weighted by atomic mass is 16.6. The van der Waals surface area contributed by atoms with Crippen molar-refractivity contribution in [3.05, 3.63) is 59.2 Å². The minimum Gasteiger partial charge on any atom is -0.365 e. The van der Waals surface area contributed by atoms with Crippen LogP contribution in [0.4, 0.5) is 11.4 Å². The van der Waals surface area contributed by atoms with Crippen molar-refractivity contribution in [1.82, 2.24) is 9.80 Å². The van der Waals surface area contributed by atoms with Crippen molar-refractivity contribution >= 4 is 17.3 Å². The lowest BCUT2D eigenvalue weighted by molar-refractivity contribution is -0.140. The Morgan fingerprint density at radius 1 is 1.00 bits per heavy atom. The molecule has 3 fully saturated rings. The van der Waals surface area contributed by atoms with Gasteiger partial charge < -0.3 is 20.3 Å². The number of para-hydroxylation sites is 1.